The summed E-state index contributed by atoms with van der Waals surface area (Å²) < 4.78 is 41.3. The molecule has 0 radical (unpaired) electrons. The number of nitrogens with one attached hydrogen (secondary N) is 1. The van der Waals surface area contributed by atoms with Crippen molar-refractivity contribution in [1.29, 1.82) is 0 Å². The quantitative estimate of drug-likeness (QED) is 0.879. The predicted octanol–water partition coefficient (Wildman–Crippen LogP) is 2.70. The third-order valence-corrected chi connectivity index (χ3v) is 3.57. The summed E-state index contributed by atoms with van der Waals surface area (Å²) in [5, 5.41) is 15.1. The van der Waals surface area contributed by atoms with E-state index >= 15 is 0 Å². The molecule has 0 bridgehead atoms. The molecule has 1 aromatic heterocycles. The first-order valence-corrected chi connectivity index (χ1v) is 7.38. The third kappa shape index (κ3) is 3.76. The molecule has 130 valence electrons. The van der Waals surface area contributed by atoms with Crippen LogP contribution in [0.1, 0.15) is 35.0 Å². The average molecular weight is 341 g/mol. The van der Waals surface area contributed by atoms with Crippen LogP contribution >= 0.6 is 0 Å². The molecule has 0 aliphatic rings. The van der Waals surface area contributed by atoms with Crippen LogP contribution in [0.25, 0.3) is 5.69 Å². The predicted molar refractivity (Wildman–Crippen MR) is 81.9 cm³/mol. The zero-order valence-electron chi connectivity index (χ0n) is 13.3. The third-order valence-electron chi connectivity index (χ3n) is 3.57. The van der Waals surface area contributed by atoms with Gasteiger partial charge < -0.3 is 10.4 Å². The molecule has 0 aliphatic carbocycles. The maximum absolute atomic E-state index is 13.5. The molecule has 2 aromatic rings. The van der Waals surface area contributed by atoms with E-state index in [1.165, 1.54) is 6.07 Å². The Morgan fingerprint density at radius 3 is 2.62 bits per heavy atom. The second kappa shape index (κ2) is 7.04. The smallest absolute Gasteiger partial charge is 0.396 e. The van der Waals surface area contributed by atoms with Crippen LogP contribution in [-0.4, -0.2) is 33.4 Å². The van der Waals surface area contributed by atoms with E-state index < -0.39 is 29.4 Å². The summed E-state index contributed by atoms with van der Waals surface area (Å²) in [6.07, 6.45) is -3.58. The first-order chi connectivity index (χ1) is 11.3. The van der Waals surface area contributed by atoms with Gasteiger partial charge >= 0.3 is 6.18 Å². The fourth-order valence-corrected chi connectivity index (χ4v) is 2.34. The number of para-hydroxylation sites is 1. The van der Waals surface area contributed by atoms with Gasteiger partial charge in [-0.15, -0.1) is 0 Å². The van der Waals surface area contributed by atoms with Crippen LogP contribution in [0.5, 0.6) is 0 Å². The average Bonchev–Trinajstić information content (AvgIpc) is 2.92. The summed E-state index contributed by atoms with van der Waals surface area (Å²) in [7, 11) is 0. The van der Waals surface area contributed by atoms with Gasteiger partial charge in [-0.25, -0.2) is 4.68 Å². The summed E-state index contributed by atoms with van der Waals surface area (Å²) in [6.45, 7) is 3.10. The molecule has 8 heteroatoms. The first kappa shape index (κ1) is 18.0. The van der Waals surface area contributed by atoms with Crippen LogP contribution in [-0.2, 0) is 6.18 Å². The van der Waals surface area contributed by atoms with Crippen molar-refractivity contribution in [3.05, 3.63) is 47.3 Å². The van der Waals surface area contributed by atoms with Gasteiger partial charge in [0.15, 0.2) is 5.69 Å². The number of aliphatic hydroxyl groups excluding tert-OH is 1. The van der Waals surface area contributed by atoms with E-state index in [0.717, 1.165) is 10.9 Å². The second-order valence-corrected chi connectivity index (χ2v) is 5.49. The number of alkyl halides is 3. The van der Waals surface area contributed by atoms with Crippen molar-refractivity contribution in [3.63, 3.8) is 0 Å². The Bertz CT molecular complexity index is 726. The van der Waals surface area contributed by atoms with Gasteiger partial charge in [0.25, 0.3) is 5.91 Å². The summed E-state index contributed by atoms with van der Waals surface area (Å²) in [5.74, 6) is -0.872. The van der Waals surface area contributed by atoms with Gasteiger partial charge in [-0.05, 0) is 31.9 Å². The molecule has 1 aromatic carbocycles. The molecule has 5 nitrogen and oxygen atoms in total. The van der Waals surface area contributed by atoms with Crippen LogP contribution < -0.4 is 5.32 Å². The molecule has 1 heterocycles. The molecule has 1 amide bonds. The molecule has 0 saturated heterocycles. The van der Waals surface area contributed by atoms with E-state index in [4.69, 9.17) is 5.11 Å². The zero-order chi connectivity index (χ0) is 17.9. The number of carbonyl (C=O) groups is 1. The Labute approximate surface area is 137 Å². The second-order valence-electron chi connectivity index (χ2n) is 5.49. The van der Waals surface area contributed by atoms with Gasteiger partial charge in [0.1, 0.15) is 0 Å². The molecule has 24 heavy (non-hydrogen) atoms. The van der Waals surface area contributed by atoms with Crippen molar-refractivity contribution in [2.45, 2.75) is 32.5 Å². The van der Waals surface area contributed by atoms with Crippen LogP contribution in [0.3, 0.4) is 0 Å². The monoisotopic (exact) mass is 341 g/mol. The lowest BCUT2D eigenvalue weighted by Crippen LogP contribution is -2.34. The minimum Gasteiger partial charge on any atom is -0.396 e. The van der Waals surface area contributed by atoms with E-state index in [0.29, 0.717) is 5.56 Å². The highest BCUT2D eigenvalue weighted by Crippen LogP contribution is 2.34. The number of benzene rings is 1. The molecule has 0 fully saturated rings. The molecule has 1 atom stereocenters. The molecule has 0 saturated carbocycles. The van der Waals surface area contributed by atoms with Gasteiger partial charge in [-0.2, -0.15) is 18.3 Å². The highest BCUT2D eigenvalue weighted by molar-refractivity contribution is 5.95. The number of nitrogens with zero attached hydrogens (tertiary/aromatic N) is 2. The standard InChI is InChI=1S/C16H18F3N3O2/c1-10-5-3-4-6-13(10)22-14(16(17,18)19)12(9-20-22)15(24)21-11(2)7-8-23/h3-6,9,11,23H,7-8H2,1-2H3,(H,21,24). The Morgan fingerprint density at radius 1 is 1.38 bits per heavy atom. The van der Waals surface area contributed by atoms with E-state index in [-0.39, 0.29) is 18.7 Å². The summed E-state index contributed by atoms with van der Waals surface area (Å²) in [6, 6.07) is 6.03. The van der Waals surface area contributed by atoms with E-state index in [1.807, 2.05) is 0 Å². The zero-order valence-corrected chi connectivity index (χ0v) is 13.3. The first-order valence-electron chi connectivity index (χ1n) is 7.38. The summed E-state index contributed by atoms with van der Waals surface area (Å²) >= 11 is 0. The Morgan fingerprint density at radius 2 is 2.04 bits per heavy atom. The van der Waals surface area contributed by atoms with Crippen LogP contribution in [0.15, 0.2) is 30.5 Å². The van der Waals surface area contributed by atoms with Gasteiger partial charge in [-0.3, -0.25) is 4.79 Å². The van der Waals surface area contributed by atoms with Gasteiger partial charge in [0, 0.05) is 12.6 Å². The lowest BCUT2D eigenvalue weighted by atomic mass is 10.1. The van der Waals surface area contributed by atoms with Crippen molar-refractivity contribution in [1.82, 2.24) is 15.1 Å². The number of hydrogen-bond acceptors (Lipinski definition) is 3. The van der Waals surface area contributed by atoms with E-state index in [9.17, 15) is 18.0 Å². The molecule has 0 aliphatic heterocycles. The largest absolute Gasteiger partial charge is 0.434 e. The number of halogens is 3. The molecule has 1 unspecified atom stereocenters. The number of amides is 1. The van der Waals surface area contributed by atoms with Crippen molar-refractivity contribution in [3.8, 4) is 5.69 Å². The molecular formula is C16H18F3N3O2. The fraction of sp³-hybridized carbons (Fsp3) is 0.375. The van der Waals surface area contributed by atoms with Crippen molar-refractivity contribution < 1.29 is 23.1 Å². The number of rotatable bonds is 5. The van der Waals surface area contributed by atoms with Crippen molar-refractivity contribution in [2.24, 2.45) is 0 Å². The van der Waals surface area contributed by atoms with Crippen LogP contribution in [0, 0.1) is 6.92 Å². The fourth-order valence-electron chi connectivity index (χ4n) is 2.34. The number of aryl methyl sites for hydroxylation is 1. The topological polar surface area (TPSA) is 67.2 Å². The Balaban J connectivity index is 2.48. The number of aromatic nitrogens is 2. The SMILES string of the molecule is Cc1ccccc1-n1ncc(C(=O)NC(C)CCO)c1C(F)(F)F. The highest BCUT2D eigenvalue weighted by atomic mass is 19.4. The van der Waals surface area contributed by atoms with Crippen LogP contribution in [0.4, 0.5) is 13.2 Å². The maximum atomic E-state index is 13.5. The Hall–Kier alpha value is -2.35. The van der Waals surface area contributed by atoms with Gasteiger partial charge in [-0.1, -0.05) is 18.2 Å². The molecule has 2 rings (SSSR count). The molecular weight excluding hydrogens is 323 g/mol. The van der Waals surface area contributed by atoms with Gasteiger partial charge in [0.05, 0.1) is 17.4 Å². The molecule has 0 spiro atoms. The number of hydrogen-bond donors (Lipinski definition) is 2. The minimum atomic E-state index is -4.74. The minimum absolute atomic E-state index is 0.171. The van der Waals surface area contributed by atoms with Gasteiger partial charge in [0.2, 0.25) is 0 Å². The van der Waals surface area contributed by atoms with Crippen LogP contribution in [0.2, 0.25) is 0 Å². The van der Waals surface area contributed by atoms with E-state index in [2.05, 4.69) is 10.4 Å². The number of carbonyl (C=O) groups excluding carboxylic acids is 1. The van der Waals surface area contributed by atoms with Crippen molar-refractivity contribution >= 4 is 5.91 Å². The normalized spacial score (nSPS) is 12.9. The number of aliphatic hydroxyl groups is 1. The van der Waals surface area contributed by atoms with E-state index in [1.54, 1.807) is 32.0 Å². The van der Waals surface area contributed by atoms with Crippen molar-refractivity contribution in [2.75, 3.05) is 6.61 Å². The Kier molecular flexibility index (Phi) is 5.28. The maximum Gasteiger partial charge on any atom is 0.434 e. The highest BCUT2D eigenvalue weighted by Gasteiger charge is 2.40. The summed E-state index contributed by atoms with van der Waals surface area (Å²) in [5.41, 5.74) is -0.806. The molecule has 2 N–H and O–H groups in total. The lowest BCUT2D eigenvalue weighted by molar-refractivity contribution is -0.143. The summed E-state index contributed by atoms with van der Waals surface area (Å²) in [4.78, 5) is 12.2. The lowest BCUT2D eigenvalue weighted by Gasteiger charge is -2.16.